The molecule has 2 amide bonds. The van der Waals surface area contributed by atoms with Crippen LogP contribution >= 0.6 is 11.8 Å². The Morgan fingerprint density at radius 2 is 1.83 bits per heavy atom. The van der Waals surface area contributed by atoms with Crippen molar-refractivity contribution in [3.63, 3.8) is 0 Å². The third-order valence-electron chi connectivity index (χ3n) is 5.41. The largest absolute Gasteiger partial charge is 0.497 e. The fraction of sp³-hybridized carbons (Fsp3) is 0.385. The van der Waals surface area contributed by atoms with Gasteiger partial charge in [-0.1, -0.05) is 37.7 Å². The number of rotatable bonds is 12. The second-order valence-corrected chi connectivity index (χ2v) is 9.41. The first-order chi connectivity index (χ1) is 17.3. The SMILES string of the molecule is CCn1c(CNC(=O)COc2cc(C)ccc2C(C)C)nnc1SCC(=O)Nc1ccc(OC)cc1. The maximum Gasteiger partial charge on any atom is 0.258 e. The van der Waals surface area contributed by atoms with Crippen molar-refractivity contribution in [2.24, 2.45) is 0 Å². The topological polar surface area (TPSA) is 107 Å². The third-order valence-corrected chi connectivity index (χ3v) is 6.38. The molecule has 0 atom stereocenters. The van der Waals surface area contributed by atoms with Gasteiger partial charge in [0.15, 0.2) is 17.6 Å². The molecule has 36 heavy (non-hydrogen) atoms. The molecule has 3 rings (SSSR count). The average molecular weight is 512 g/mol. The number of hydrogen-bond acceptors (Lipinski definition) is 7. The van der Waals surface area contributed by atoms with E-state index in [1.807, 2.05) is 36.6 Å². The molecule has 0 fully saturated rings. The first kappa shape index (κ1) is 27.1. The number of carbonyl (C=O) groups is 2. The molecule has 9 nitrogen and oxygen atoms in total. The molecule has 1 aromatic heterocycles. The van der Waals surface area contributed by atoms with Gasteiger partial charge in [0.1, 0.15) is 11.5 Å². The number of aromatic nitrogens is 3. The van der Waals surface area contributed by atoms with Crippen molar-refractivity contribution < 1.29 is 19.1 Å². The van der Waals surface area contributed by atoms with Crippen LogP contribution in [0.1, 0.15) is 43.6 Å². The fourth-order valence-electron chi connectivity index (χ4n) is 3.49. The Kier molecular flexibility index (Phi) is 9.75. The zero-order valence-corrected chi connectivity index (χ0v) is 22.1. The minimum Gasteiger partial charge on any atom is -0.497 e. The van der Waals surface area contributed by atoms with Crippen LogP contribution in [-0.2, 0) is 22.7 Å². The summed E-state index contributed by atoms with van der Waals surface area (Å²) in [4.78, 5) is 24.8. The number of thioether (sulfide) groups is 1. The van der Waals surface area contributed by atoms with Crippen molar-refractivity contribution >= 4 is 29.3 Å². The average Bonchev–Trinajstić information content (AvgIpc) is 3.27. The molecule has 0 aliphatic rings. The number of anilines is 1. The number of aryl methyl sites for hydroxylation is 1. The molecule has 0 spiro atoms. The van der Waals surface area contributed by atoms with Gasteiger partial charge >= 0.3 is 0 Å². The molecule has 2 N–H and O–H groups in total. The van der Waals surface area contributed by atoms with E-state index in [2.05, 4.69) is 34.7 Å². The highest BCUT2D eigenvalue weighted by molar-refractivity contribution is 7.99. The number of amides is 2. The molecule has 2 aromatic carbocycles. The lowest BCUT2D eigenvalue weighted by Gasteiger charge is -2.15. The number of carbonyl (C=O) groups excluding carboxylic acids is 2. The zero-order valence-electron chi connectivity index (χ0n) is 21.3. The van der Waals surface area contributed by atoms with Gasteiger partial charge in [-0.2, -0.15) is 0 Å². The Bertz CT molecular complexity index is 1180. The molecule has 192 valence electrons. The number of ether oxygens (including phenoxy) is 2. The van der Waals surface area contributed by atoms with Gasteiger partial charge in [-0.15, -0.1) is 10.2 Å². The van der Waals surface area contributed by atoms with Gasteiger partial charge in [0, 0.05) is 12.2 Å². The number of nitrogens with zero attached hydrogens (tertiary/aromatic N) is 3. The van der Waals surface area contributed by atoms with Crippen molar-refractivity contribution in [3.8, 4) is 11.5 Å². The van der Waals surface area contributed by atoms with Crippen LogP contribution in [-0.4, -0.2) is 46.0 Å². The fourth-order valence-corrected chi connectivity index (χ4v) is 4.31. The van der Waals surface area contributed by atoms with Gasteiger partial charge in [0.2, 0.25) is 5.91 Å². The maximum absolute atomic E-state index is 12.4. The van der Waals surface area contributed by atoms with E-state index >= 15 is 0 Å². The number of methoxy groups -OCH3 is 1. The summed E-state index contributed by atoms with van der Waals surface area (Å²) in [6, 6.07) is 13.2. The van der Waals surface area contributed by atoms with Crippen LogP contribution in [0.15, 0.2) is 47.6 Å². The number of nitrogens with one attached hydrogen (secondary N) is 2. The van der Waals surface area contributed by atoms with Crippen molar-refractivity contribution in [2.75, 3.05) is 24.8 Å². The molecule has 1 heterocycles. The molecule has 0 saturated carbocycles. The summed E-state index contributed by atoms with van der Waals surface area (Å²) in [6.45, 7) is 8.87. The standard InChI is InChI=1S/C26H33N5O4S/c1-6-31-23(14-27-24(32)15-35-22-13-18(4)7-12-21(22)17(2)3)29-30-26(31)36-16-25(33)28-19-8-10-20(34-5)11-9-19/h7-13,17H,6,14-16H2,1-5H3,(H,27,32)(H,28,33). The van der Waals surface area contributed by atoms with Gasteiger partial charge in [-0.3, -0.25) is 9.59 Å². The first-order valence-corrected chi connectivity index (χ1v) is 12.8. The molecule has 0 radical (unpaired) electrons. The van der Waals surface area contributed by atoms with Crippen LogP contribution in [0.3, 0.4) is 0 Å². The van der Waals surface area contributed by atoms with Crippen LogP contribution < -0.4 is 20.1 Å². The smallest absolute Gasteiger partial charge is 0.258 e. The van der Waals surface area contributed by atoms with Gasteiger partial charge in [0.25, 0.3) is 5.91 Å². The predicted molar refractivity (Wildman–Crippen MR) is 141 cm³/mol. The summed E-state index contributed by atoms with van der Waals surface area (Å²) in [5, 5.41) is 14.7. The quantitative estimate of drug-likeness (QED) is 0.352. The lowest BCUT2D eigenvalue weighted by Crippen LogP contribution is -2.29. The van der Waals surface area contributed by atoms with E-state index < -0.39 is 0 Å². The van der Waals surface area contributed by atoms with Gasteiger partial charge in [-0.25, -0.2) is 0 Å². The highest BCUT2D eigenvalue weighted by atomic mass is 32.2. The van der Waals surface area contributed by atoms with Crippen LogP contribution in [0.5, 0.6) is 11.5 Å². The molecule has 0 saturated heterocycles. The van der Waals surface area contributed by atoms with E-state index in [0.717, 1.165) is 22.6 Å². The minimum atomic E-state index is -0.245. The van der Waals surface area contributed by atoms with Gasteiger partial charge < -0.3 is 24.7 Å². The normalized spacial score (nSPS) is 10.8. The lowest BCUT2D eigenvalue weighted by atomic mass is 10.0. The second-order valence-electron chi connectivity index (χ2n) is 8.47. The van der Waals surface area contributed by atoms with Crippen LogP contribution in [0, 0.1) is 6.92 Å². The molecule has 0 bridgehead atoms. The summed E-state index contributed by atoms with van der Waals surface area (Å²) in [7, 11) is 1.59. The molecular formula is C26H33N5O4S. The van der Waals surface area contributed by atoms with Crippen molar-refractivity contribution in [1.29, 1.82) is 0 Å². The van der Waals surface area contributed by atoms with E-state index in [9.17, 15) is 9.59 Å². The van der Waals surface area contributed by atoms with E-state index in [1.165, 1.54) is 11.8 Å². The van der Waals surface area contributed by atoms with Crippen LogP contribution in [0.25, 0.3) is 0 Å². The van der Waals surface area contributed by atoms with E-state index in [4.69, 9.17) is 9.47 Å². The first-order valence-electron chi connectivity index (χ1n) is 11.8. The zero-order chi connectivity index (χ0) is 26.1. The Hall–Kier alpha value is -3.53. The Labute approximate surface area is 216 Å². The molecule has 0 aliphatic heterocycles. The maximum atomic E-state index is 12.4. The molecule has 3 aromatic rings. The monoisotopic (exact) mass is 511 g/mol. The van der Waals surface area contributed by atoms with Crippen molar-refractivity contribution in [1.82, 2.24) is 20.1 Å². The van der Waals surface area contributed by atoms with Crippen molar-refractivity contribution in [3.05, 3.63) is 59.4 Å². The van der Waals surface area contributed by atoms with E-state index in [1.54, 1.807) is 31.4 Å². The summed E-state index contributed by atoms with van der Waals surface area (Å²) >= 11 is 1.29. The Balaban J connectivity index is 1.50. The lowest BCUT2D eigenvalue weighted by molar-refractivity contribution is -0.123. The van der Waals surface area contributed by atoms with E-state index in [0.29, 0.717) is 29.1 Å². The third kappa shape index (κ3) is 7.48. The summed E-state index contributed by atoms with van der Waals surface area (Å²) in [5.41, 5.74) is 2.83. The van der Waals surface area contributed by atoms with Crippen LogP contribution in [0.2, 0.25) is 0 Å². The highest BCUT2D eigenvalue weighted by Crippen LogP contribution is 2.27. The number of benzene rings is 2. The van der Waals surface area contributed by atoms with Crippen LogP contribution in [0.4, 0.5) is 5.69 Å². The Morgan fingerprint density at radius 3 is 2.50 bits per heavy atom. The summed E-state index contributed by atoms with van der Waals surface area (Å²) in [6.07, 6.45) is 0. The predicted octanol–water partition coefficient (Wildman–Crippen LogP) is 4.16. The molecule has 10 heteroatoms. The minimum absolute atomic E-state index is 0.0867. The highest BCUT2D eigenvalue weighted by Gasteiger charge is 2.15. The number of hydrogen-bond donors (Lipinski definition) is 2. The molecular weight excluding hydrogens is 478 g/mol. The van der Waals surface area contributed by atoms with Crippen molar-refractivity contribution in [2.45, 2.75) is 51.9 Å². The van der Waals surface area contributed by atoms with E-state index in [-0.39, 0.29) is 30.7 Å². The van der Waals surface area contributed by atoms with Gasteiger partial charge in [-0.05, 0) is 61.2 Å². The molecule has 0 aliphatic carbocycles. The Morgan fingerprint density at radius 1 is 1.08 bits per heavy atom. The summed E-state index contributed by atoms with van der Waals surface area (Å²) < 4.78 is 12.8. The van der Waals surface area contributed by atoms with Gasteiger partial charge in [0.05, 0.1) is 19.4 Å². The summed E-state index contributed by atoms with van der Waals surface area (Å²) in [5.74, 6) is 2.13. The molecule has 0 unspecified atom stereocenters. The second kappa shape index (κ2) is 13.0.